The van der Waals surface area contributed by atoms with Crippen molar-refractivity contribution in [2.45, 2.75) is 94.7 Å². The van der Waals surface area contributed by atoms with Crippen LogP contribution in [0.1, 0.15) is 94.8 Å². The first-order valence-electron chi connectivity index (χ1n) is 33.1. The summed E-state index contributed by atoms with van der Waals surface area (Å²) in [5.41, 5.74) is 9.39. The average molecular weight is 1370 g/mol. The van der Waals surface area contributed by atoms with Gasteiger partial charge in [-0.3, -0.25) is 0 Å². The third kappa shape index (κ3) is 14.7. The normalized spacial score (nSPS) is 14.1. The van der Waals surface area contributed by atoms with E-state index in [0.717, 1.165) is 29.3 Å². The molecule has 0 aromatic heterocycles. The minimum atomic E-state index is -0.791. The Kier molecular flexibility index (Phi) is 21.1. The number of hydrogen-bond acceptors (Lipinski definition) is 8. The Balaban J connectivity index is 0.860. The smallest absolute Gasteiger partial charge is 0.227 e. The van der Waals surface area contributed by atoms with Crippen LogP contribution in [-0.4, -0.2) is 30.6 Å². The number of hydrogen-bond donors (Lipinski definition) is 0. The average Bonchev–Trinajstić information content (AvgIpc) is 0.759. The van der Waals surface area contributed by atoms with Gasteiger partial charge in [0.25, 0.3) is 0 Å². The first kappa shape index (κ1) is 68.7. The second kappa shape index (κ2) is 29.8. The van der Waals surface area contributed by atoms with Crippen LogP contribution in [0.4, 0.5) is 0 Å². The monoisotopic (exact) mass is 1370 g/mol. The van der Waals surface area contributed by atoms with E-state index in [4.69, 9.17) is 37.6 Å². The number of fused-ring (bicyclic) bond motifs is 6. The fourth-order valence-corrected chi connectivity index (χ4v) is 19.3. The second-order valence-electron chi connectivity index (χ2n) is 27.2. The highest BCUT2D eigenvalue weighted by Crippen LogP contribution is 2.54. The molecule has 0 radical (unpaired) electrons. The Morgan fingerprint density at radius 3 is 1.08 bits per heavy atom. The first-order chi connectivity index (χ1) is 47.0. The Hall–Kier alpha value is -8.26. The molecule has 0 aliphatic rings. The van der Waals surface area contributed by atoms with Gasteiger partial charge in [-0.25, -0.2) is 13.1 Å². The van der Waals surface area contributed by atoms with Gasteiger partial charge in [0.15, 0.2) is 0 Å². The summed E-state index contributed by atoms with van der Waals surface area (Å²) in [5.74, 6) is -1.10. The highest BCUT2D eigenvalue weighted by Gasteiger charge is 2.47. The fourth-order valence-electron chi connectivity index (χ4n) is 15.4. The molecule has 0 aliphatic carbocycles. The van der Waals surface area contributed by atoms with Crippen molar-refractivity contribution in [1.29, 1.82) is 10.5 Å². The van der Waals surface area contributed by atoms with Crippen molar-refractivity contribution in [3.8, 4) is 56.6 Å². The van der Waals surface area contributed by atoms with Gasteiger partial charge < -0.3 is 9.69 Å². The second-order valence-corrected chi connectivity index (χ2v) is 33.7. The van der Waals surface area contributed by atoms with E-state index in [-0.39, 0.29) is 16.4 Å². The van der Waals surface area contributed by atoms with Gasteiger partial charge >= 0.3 is 0 Å². The molecule has 12 aromatic rings. The fraction of sp³-hybridized carbons (Fsp3) is 0.241. The summed E-state index contributed by atoms with van der Waals surface area (Å²) in [6, 6.07) is 89.0. The zero-order valence-corrected chi connectivity index (χ0v) is 60.7. The van der Waals surface area contributed by atoms with Gasteiger partial charge in [0, 0.05) is 62.9 Å². The predicted octanol–water partition coefficient (Wildman–Crippen LogP) is 26.5. The Morgan fingerprint density at radius 1 is 0.402 bits per heavy atom. The maximum Gasteiger partial charge on any atom is 0.227 e. The Labute approximate surface area is 600 Å². The maximum absolute atomic E-state index is 11.5. The number of rotatable bonds is 21. The SMILES string of the molecule is [C-]#[N+]C(C)(C)CC(CC(C#N)CC(SC(=S)SC)c1ccc(-c2c3ccccc3c(-c3cccc4ccccc34)c3ccccc23)cc1)C(C)(CC(C#N)CC(SC(=S)SC)c1ccc(-c2c3ccccc3c(-c3cccc4ccccc34)c3ccccc23)cc1)CC(C)(C)[N+]#[C-]. The van der Waals surface area contributed by atoms with E-state index in [1.165, 1.54) is 98.0 Å². The molecule has 0 amide bonds. The lowest BCUT2D eigenvalue weighted by atomic mass is 9.60. The van der Waals surface area contributed by atoms with E-state index in [2.05, 4.69) is 259 Å². The number of thioether (sulfide) groups is 4. The first-order valence-corrected chi connectivity index (χ1v) is 38.1. The molecular formula is C87H76N4S6. The molecular weight excluding hydrogens is 1290 g/mol. The number of nitrogens with zero attached hydrogens (tertiary/aromatic N) is 4. The standard InChI is InChI=1S/C87H76N4S6/c1-85(2,90-6)52-64(48-56(53-88)49-77(96-83(92)94-8)60-40-44-62(45-41-60)79-69-30-14-18-34-73(69)81(74-35-19-15-31-70(74)79)67-38-22-26-58-24-10-12-28-65(58)67)87(5,55-86(3,4)91-7)51-57(54-89)50-78(97-84(93)95-9)61-42-46-63(47-43-61)80-71-32-16-20-36-75(71)82(76-37-21-17-33-72(76)80)68-39-23-27-59-25-11-13-29-66(59)68/h10-47,56-57,64,77-78H,48-52,55H2,1-5,8-9H3. The molecule has 4 nitrogen and oxygen atoms in total. The van der Waals surface area contributed by atoms with Gasteiger partial charge in [-0.2, -0.15) is 10.5 Å². The van der Waals surface area contributed by atoms with Crippen LogP contribution in [0.15, 0.2) is 231 Å². The molecule has 10 heteroatoms. The van der Waals surface area contributed by atoms with Gasteiger partial charge in [0.05, 0.1) is 12.1 Å². The summed E-state index contributed by atoms with van der Waals surface area (Å²) in [6.45, 7) is 27.2. The predicted molar refractivity (Wildman–Crippen MR) is 431 cm³/mol. The summed E-state index contributed by atoms with van der Waals surface area (Å²) >= 11 is 18.4. The molecule has 0 N–H and O–H groups in total. The molecule has 12 rings (SSSR count). The van der Waals surface area contributed by atoms with Gasteiger partial charge in [-0.05, 0) is 170 Å². The van der Waals surface area contributed by atoms with Crippen molar-refractivity contribution in [2.75, 3.05) is 12.5 Å². The minimum absolute atomic E-state index is 0.149. The molecule has 97 heavy (non-hydrogen) atoms. The van der Waals surface area contributed by atoms with Crippen molar-refractivity contribution in [3.05, 3.63) is 264 Å². The quantitative estimate of drug-likeness (QED) is 0.0401. The zero-order chi connectivity index (χ0) is 68.0. The zero-order valence-electron chi connectivity index (χ0n) is 55.8. The van der Waals surface area contributed by atoms with E-state index >= 15 is 0 Å². The van der Waals surface area contributed by atoms with Gasteiger partial charge in [0.1, 0.15) is 7.06 Å². The minimum Gasteiger partial charge on any atom is -0.311 e. The molecule has 0 heterocycles. The summed E-state index contributed by atoms with van der Waals surface area (Å²) in [4.78, 5) is 8.42. The molecule has 480 valence electrons. The van der Waals surface area contributed by atoms with Crippen molar-refractivity contribution < 1.29 is 0 Å². The molecule has 0 aliphatic heterocycles. The van der Waals surface area contributed by atoms with Crippen molar-refractivity contribution in [2.24, 2.45) is 23.2 Å². The van der Waals surface area contributed by atoms with Crippen LogP contribution in [0.2, 0.25) is 0 Å². The molecule has 6 unspecified atom stereocenters. The lowest BCUT2D eigenvalue weighted by molar-refractivity contribution is 0.0797. The van der Waals surface area contributed by atoms with Crippen LogP contribution in [0.3, 0.4) is 0 Å². The van der Waals surface area contributed by atoms with Crippen molar-refractivity contribution in [1.82, 2.24) is 0 Å². The van der Waals surface area contributed by atoms with E-state index in [9.17, 15) is 10.5 Å². The van der Waals surface area contributed by atoms with Gasteiger partial charge in [0.2, 0.25) is 11.1 Å². The largest absolute Gasteiger partial charge is 0.311 e. The van der Waals surface area contributed by atoms with Crippen LogP contribution in [0.25, 0.3) is 119 Å². The molecule has 0 saturated heterocycles. The summed E-state index contributed by atoms with van der Waals surface area (Å²) in [6.07, 6.45) is 7.00. The molecule has 0 fully saturated rings. The van der Waals surface area contributed by atoms with Crippen LogP contribution < -0.4 is 0 Å². The van der Waals surface area contributed by atoms with Crippen LogP contribution in [-0.2, 0) is 0 Å². The highest BCUT2D eigenvalue weighted by molar-refractivity contribution is 8.47. The Bertz CT molecular complexity index is 5020. The number of nitriles is 2. The van der Waals surface area contributed by atoms with Gasteiger partial charge in [-0.1, -0.05) is 285 Å². The highest BCUT2D eigenvalue weighted by atomic mass is 32.2. The topological polar surface area (TPSA) is 56.3 Å². The van der Waals surface area contributed by atoms with E-state index in [1.807, 2.05) is 40.2 Å². The molecule has 0 bridgehead atoms. The van der Waals surface area contributed by atoms with Crippen molar-refractivity contribution >= 4 is 143 Å². The molecule has 12 aromatic carbocycles. The Morgan fingerprint density at radius 2 is 0.732 bits per heavy atom. The summed E-state index contributed by atoms with van der Waals surface area (Å²) < 4.78 is 1.60. The van der Waals surface area contributed by atoms with Gasteiger partial charge in [-0.15, -0.1) is 23.5 Å². The van der Waals surface area contributed by atoms with Crippen molar-refractivity contribution in [3.63, 3.8) is 0 Å². The van der Waals surface area contributed by atoms with Crippen LogP contribution >= 0.6 is 71.5 Å². The number of benzene rings is 12. The summed E-state index contributed by atoms with van der Waals surface area (Å²) in [7, 11) is 0. The summed E-state index contributed by atoms with van der Waals surface area (Å²) in [5, 5.41) is 37.1. The lowest BCUT2D eigenvalue weighted by Gasteiger charge is -2.43. The lowest BCUT2D eigenvalue weighted by Crippen LogP contribution is -2.40. The van der Waals surface area contributed by atoms with Crippen LogP contribution in [0, 0.1) is 59.0 Å². The third-order valence-electron chi connectivity index (χ3n) is 19.8. The molecule has 0 spiro atoms. The van der Waals surface area contributed by atoms with E-state index in [1.54, 1.807) is 47.0 Å². The molecule has 6 atom stereocenters. The third-order valence-corrected chi connectivity index (χ3v) is 25.5. The molecule has 0 saturated carbocycles. The number of thiocarbonyl (C=S) groups is 2. The maximum atomic E-state index is 11.5. The van der Waals surface area contributed by atoms with E-state index < -0.39 is 28.3 Å². The van der Waals surface area contributed by atoms with E-state index in [0.29, 0.717) is 38.5 Å². The van der Waals surface area contributed by atoms with Crippen LogP contribution in [0.5, 0.6) is 0 Å².